The van der Waals surface area contributed by atoms with Crippen molar-refractivity contribution < 1.29 is 17.9 Å². The number of rotatable bonds is 8. The second-order valence-corrected chi connectivity index (χ2v) is 13.1. The van der Waals surface area contributed by atoms with Crippen LogP contribution in [0, 0.1) is 11.6 Å². The Labute approximate surface area is 147 Å². The zero-order valence-electron chi connectivity index (χ0n) is 14.8. The Bertz CT molecular complexity index is 477. The molecule has 1 aromatic carbocycles. The van der Waals surface area contributed by atoms with Crippen LogP contribution in [-0.4, -0.2) is 21.5 Å². The molecule has 0 N–H and O–H groups in total. The van der Waals surface area contributed by atoms with Crippen LogP contribution in [0.4, 0.5) is 8.78 Å². The van der Waals surface area contributed by atoms with E-state index in [9.17, 15) is 8.78 Å². The van der Waals surface area contributed by atoms with E-state index < -0.39 is 20.0 Å². The molecule has 23 heavy (non-hydrogen) atoms. The highest BCUT2D eigenvalue weighted by atomic mass is 79.9. The Balaban J connectivity index is 2.72. The van der Waals surface area contributed by atoms with Crippen LogP contribution in [0.2, 0.25) is 16.6 Å². The van der Waals surface area contributed by atoms with Crippen molar-refractivity contribution >= 4 is 24.2 Å². The van der Waals surface area contributed by atoms with Crippen LogP contribution in [0.25, 0.3) is 0 Å². The molecular weight excluding hydrogens is 382 g/mol. The molecule has 0 saturated carbocycles. The van der Waals surface area contributed by atoms with Crippen LogP contribution >= 0.6 is 15.9 Å². The molecule has 2 nitrogen and oxygen atoms in total. The zero-order valence-corrected chi connectivity index (χ0v) is 17.3. The van der Waals surface area contributed by atoms with Crippen molar-refractivity contribution in [3.63, 3.8) is 0 Å². The van der Waals surface area contributed by atoms with Gasteiger partial charge in [-0.05, 0) is 28.8 Å². The van der Waals surface area contributed by atoms with Crippen molar-refractivity contribution in [2.75, 3.05) is 13.2 Å². The van der Waals surface area contributed by atoms with Gasteiger partial charge in [0.25, 0.3) is 0 Å². The monoisotopic (exact) mass is 408 g/mol. The molecular formula is C17H27BrF2O2Si. The van der Waals surface area contributed by atoms with Gasteiger partial charge in [0.1, 0.15) is 6.61 Å². The molecule has 0 fully saturated rings. The summed E-state index contributed by atoms with van der Waals surface area (Å²) in [5, 5.41) is 0. The fraction of sp³-hybridized carbons (Fsp3) is 0.647. The number of benzene rings is 1. The predicted molar refractivity (Wildman–Crippen MR) is 96.6 cm³/mol. The summed E-state index contributed by atoms with van der Waals surface area (Å²) < 4.78 is 39.4. The lowest BCUT2D eigenvalue weighted by Crippen LogP contribution is -2.48. The number of ether oxygens (including phenoxy) is 1. The van der Waals surface area contributed by atoms with E-state index in [2.05, 4.69) is 57.5 Å². The molecule has 0 aliphatic rings. The Morgan fingerprint density at radius 2 is 1.35 bits per heavy atom. The van der Waals surface area contributed by atoms with Gasteiger partial charge in [-0.25, -0.2) is 8.78 Å². The standard InChI is InChI=1S/C17H27BrF2O2Si/c1-11(2)23(12(3)4,13(5)6)22-8-7-21-17-15(19)9-14(18)10-16(17)20/h9-13H,7-8H2,1-6H3. The molecule has 0 bridgehead atoms. The van der Waals surface area contributed by atoms with E-state index in [0.717, 1.165) is 0 Å². The minimum absolute atomic E-state index is 0.135. The molecule has 0 heterocycles. The molecule has 0 unspecified atom stereocenters. The van der Waals surface area contributed by atoms with Gasteiger partial charge in [-0.15, -0.1) is 0 Å². The highest BCUT2D eigenvalue weighted by molar-refractivity contribution is 9.10. The first kappa shape index (κ1) is 20.6. The zero-order chi connectivity index (χ0) is 17.8. The minimum Gasteiger partial charge on any atom is -0.485 e. The van der Waals surface area contributed by atoms with Gasteiger partial charge in [-0.1, -0.05) is 57.5 Å². The normalized spacial score (nSPS) is 12.5. The van der Waals surface area contributed by atoms with Crippen molar-refractivity contribution in [2.24, 2.45) is 0 Å². The third-order valence-corrected chi connectivity index (χ3v) is 10.9. The fourth-order valence-electron chi connectivity index (χ4n) is 3.53. The smallest absolute Gasteiger partial charge is 0.200 e. The maximum Gasteiger partial charge on any atom is 0.200 e. The van der Waals surface area contributed by atoms with E-state index in [1.54, 1.807) is 0 Å². The van der Waals surface area contributed by atoms with E-state index in [0.29, 0.717) is 27.7 Å². The van der Waals surface area contributed by atoms with Gasteiger partial charge in [0.15, 0.2) is 25.7 Å². The molecule has 0 aliphatic carbocycles. The lowest BCUT2D eigenvalue weighted by Gasteiger charge is -2.42. The summed E-state index contributed by atoms with van der Waals surface area (Å²) in [6.07, 6.45) is 0. The molecule has 0 aromatic heterocycles. The van der Waals surface area contributed by atoms with Crippen LogP contribution < -0.4 is 4.74 Å². The summed E-state index contributed by atoms with van der Waals surface area (Å²) in [6.45, 7) is 13.7. The summed E-state index contributed by atoms with van der Waals surface area (Å²) in [5.41, 5.74) is 1.39. The third kappa shape index (κ3) is 4.76. The maximum absolute atomic E-state index is 13.7. The van der Waals surface area contributed by atoms with Crippen LogP contribution in [0.15, 0.2) is 16.6 Å². The van der Waals surface area contributed by atoms with Crippen molar-refractivity contribution in [2.45, 2.75) is 58.2 Å². The van der Waals surface area contributed by atoms with Crippen molar-refractivity contribution in [1.82, 2.24) is 0 Å². The molecule has 1 aromatic rings. The second-order valence-electron chi connectivity index (χ2n) is 6.71. The first-order valence-electron chi connectivity index (χ1n) is 8.04. The van der Waals surface area contributed by atoms with E-state index in [-0.39, 0.29) is 12.4 Å². The van der Waals surface area contributed by atoms with E-state index >= 15 is 0 Å². The first-order chi connectivity index (χ1) is 10.6. The van der Waals surface area contributed by atoms with Gasteiger partial charge in [0, 0.05) is 4.47 Å². The predicted octanol–water partition coefficient (Wildman–Crippen LogP) is 6.30. The lowest BCUT2D eigenvalue weighted by atomic mass is 10.3. The highest BCUT2D eigenvalue weighted by Gasteiger charge is 2.44. The molecule has 6 heteroatoms. The third-order valence-electron chi connectivity index (χ3n) is 4.35. The molecule has 1 rings (SSSR count). The quantitative estimate of drug-likeness (QED) is 0.371. The van der Waals surface area contributed by atoms with Gasteiger partial charge in [-0.3, -0.25) is 0 Å². The molecule has 0 spiro atoms. The van der Waals surface area contributed by atoms with Crippen LogP contribution in [0.3, 0.4) is 0 Å². The van der Waals surface area contributed by atoms with Crippen LogP contribution in [0.1, 0.15) is 41.5 Å². The highest BCUT2D eigenvalue weighted by Crippen LogP contribution is 2.42. The lowest BCUT2D eigenvalue weighted by molar-refractivity contribution is 0.189. The van der Waals surface area contributed by atoms with Crippen LogP contribution in [0.5, 0.6) is 5.75 Å². The number of hydrogen-bond acceptors (Lipinski definition) is 2. The molecule has 0 aliphatic heterocycles. The molecule has 0 saturated heterocycles. The average Bonchev–Trinajstić information content (AvgIpc) is 2.39. The number of hydrogen-bond donors (Lipinski definition) is 0. The summed E-state index contributed by atoms with van der Waals surface area (Å²) in [7, 11) is -1.98. The van der Waals surface area contributed by atoms with Gasteiger partial charge < -0.3 is 9.16 Å². The molecule has 0 radical (unpaired) electrons. The van der Waals surface area contributed by atoms with Crippen molar-refractivity contribution in [1.29, 1.82) is 0 Å². The summed E-state index contributed by atoms with van der Waals surface area (Å²) in [4.78, 5) is 0. The Morgan fingerprint density at radius 1 is 0.913 bits per heavy atom. The number of halogens is 3. The van der Waals surface area contributed by atoms with Gasteiger partial charge >= 0.3 is 0 Å². The Morgan fingerprint density at radius 3 is 1.74 bits per heavy atom. The van der Waals surface area contributed by atoms with Gasteiger partial charge in [0.05, 0.1) is 6.61 Å². The van der Waals surface area contributed by atoms with E-state index in [4.69, 9.17) is 9.16 Å². The van der Waals surface area contributed by atoms with Gasteiger partial charge in [-0.2, -0.15) is 0 Å². The summed E-state index contributed by atoms with van der Waals surface area (Å²) in [5.74, 6) is -1.77. The Hall–Kier alpha value is -0.463. The molecule has 132 valence electrons. The van der Waals surface area contributed by atoms with Gasteiger partial charge in [0.2, 0.25) is 0 Å². The van der Waals surface area contributed by atoms with Crippen LogP contribution in [-0.2, 0) is 4.43 Å². The summed E-state index contributed by atoms with van der Waals surface area (Å²) >= 11 is 3.05. The first-order valence-corrected chi connectivity index (χ1v) is 11.0. The second kappa shape index (κ2) is 8.58. The molecule has 0 amide bonds. The van der Waals surface area contributed by atoms with E-state index in [1.807, 2.05) is 0 Å². The summed E-state index contributed by atoms with van der Waals surface area (Å²) in [6, 6.07) is 2.38. The van der Waals surface area contributed by atoms with E-state index in [1.165, 1.54) is 12.1 Å². The fourth-order valence-corrected chi connectivity index (χ4v) is 9.37. The largest absolute Gasteiger partial charge is 0.485 e. The average molecular weight is 409 g/mol. The van der Waals surface area contributed by atoms with Crippen molar-refractivity contribution in [3.05, 3.63) is 28.2 Å². The SMILES string of the molecule is CC(C)[Si](OCCOc1c(F)cc(Br)cc1F)(C(C)C)C(C)C. The topological polar surface area (TPSA) is 18.5 Å². The molecule has 0 atom stereocenters. The minimum atomic E-state index is -1.98. The maximum atomic E-state index is 13.7. The Kier molecular flexibility index (Phi) is 7.68. The van der Waals surface area contributed by atoms with Crippen molar-refractivity contribution in [3.8, 4) is 5.75 Å².